The van der Waals surface area contributed by atoms with Gasteiger partial charge in [0, 0.05) is 25.8 Å². The van der Waals surface area contributed by atoms with Gasteiger partial charge in [0.2, 0.25) is 5.91 Å². The number of rotatable bonds is 5. The van der Waals surface area contributed by atoms with Crippen molar-refractivity contribution in [2.75, 3.05) is 18.0 Å². The SMILES string of the molecule is O=C(NCc1ccnc(N2CCCC2)c1)C1(c2cccc(F)c2)CCC1. The van der Waals surface area contributed by atoms with E-state index >= 15 is 0 Å². The van der Waals surface area contributed by atoms with Gasteiger partial charge in [0.05, 0.1) is 5.41 Å². The fraction of sp³-hybridized carbons (Fsp3) is 0.429. The number of aromatic nitrogens is 1. The molecule has 2 aliphatic rings. The Kier molecular flexibility index (Phi) is 4.62. The molecule has 1 aliphatic carbocycles. The summed E-state index contributed by atoms with van der Waals surface area (Å²) in [6.45, 7) is 2.57. The molecule has 136 valence electrons. The standard InChI is InChI=1S/C21H24FN3O/c22-18-6-3-5-17(14-18)21(8-4-9-21)20(26)24-15-16-7-10-23-19(13-16)25-11-1-2-12-25/h3,5-7,10,13-14H,1-2,4,8-9,11-12,15H2,(H,24,26). The lowest BCUT2D eigenvalue weighted by Crippen LogP contribution is -2.49. The molecule has 0 unspecified atom stereocenters. The molecule has 0 radical (unpaired) electrons. The number of nitrogens with one attached hydrogen (secondary N) is 1. The summed E-state index contributed by atoms with van der Waals surface area (Å²) < 4.78 is 13.6. The van der Waals surface area contributed by atoms with E-state index in [0.717, 1.165) is 49.3 Å². The Morgan fingerprint density at radius 2 is 1.96 bits per heavy atom. The number of carbonyl (C=O) groups excluding carboxylic acids is 1. The Morgan fingerprint density at radius 1 is 1.15 bits per heavy atom. The molecule has 4 nitrogen and oxygen atoms in total. The topological polar surface area (TPSA) is 45.2 Å². The maximum atomic E-state index is 13.6. The first-order chi connectivity index (χ1) is 12.7. The smallest absolute Gasteiger partial charge is 0.230 e. The number of amides is 1. The van der Waals surface area contributed by atoms with Crippen LogP contribution in [0.4, 0.5) is 10.2 Å². The van der Waals surface area contributed by atoms with Crippen molar-refractivity contribution in [3.63, 3.8) is 0 Å². The van der Waals surface area contributed by atoms with Crippen molar-refractivity contribution < 1.29 is 9.18 Å². The van der Waals surface area contributed by atoms with Crippen molar-refractivity contribution in [3.05, 3.63) is 59.5 Å². The van der Waals surface area contributed by atoms with Crippen molar-refractivity contribution in [1.29, 1.82) is 0 Å². The van der Waals surface area contributed by atoms with E-state index in [-0.39, 0.29) is 11.7 Å². The van der Waals surface area contributed by atoms with Crippen LogP contribution in [0.2, 0.25) is 0 Å². The molecule has 0 spiro atoms. The molecule has 1 aromatic carbocycles. The van der Waals surface area contributed by atoms with Crippen LogP contribution >= 0.6 is 0 Å². The van der Waals surface area contributed by atoms with Gasteiger partial charge in [0.25, 0.3) is 0 Å². The highest BCUT2D eigenvalue weighted by Crippen LogP contribution is 2.44. The Morgan fingerprint density at radius 3 is 2.65 bits per heavy atom. The van der Waals surface area contributed by atoms with Crippen LogP contribution in [0.25, 0.3) is 0 Å². The Hall–Kier alpha value is -2.43. The fourth-order valence-corrected chi connectivity index (χ4v) is 4.00. The first-order valence-electron chi connectivity index (χ1n) is 9.42. The van der Waals surface area contributed by atoms with Crippen molar-refractivity contribution in [2.24, 2.45) is 0 Å². The van der Waals surface area contributed by atoms with Gasteiger partial charge in [0.15, 0.2) is 0 Å². The molecular weight excluding hydrogens is 329 g/mol. The van der Waals surface area contributed by atoms with E-state index in [2.05, 4.69) is 21.3 Å². The summed E-state index contributed by atoms with van der Waals surface area (Å²) in [5, 5.41) is 3.07. The number of hydrogen-bond acceptors (Lipinski definition) is 3. The summed E-state index contributed by atoms with van der Waals surface area (Å²) in [4.78, 5) is 19.7. The minimum Gasteiger partial charge on any atom is -0.357 e. The molecule has 5 heteroatoms. The minimum atomic E-state index is -0.576. The molecular formula is C21H24FN3O. The van der Waals surface area contributed by atoms with Crippen molar-refractivity contribution in [2.45, 2.75) is 44.1 Å². The van der Waals surface area contributed by atoms with Gasteiger partial charge in [-0.1, -0.05) is 18.6 Å². The zero-order valence-electron chi connectivity index (χ0n) is 14.9. The first kappa shape index (κ1) is 17.0. The second-order valence-electron chi connectivity index (χ2n) is 7.35. The third-order valence-corrected chi connectivity index (χ3v) is 5.71. The number of nitrogens with zero attached hydrogens (tertiary/aromatic N) is 2. The number of carbonyl (C=O) groups is 1. The number of hydrogen-bond donors (Lipinski definition) is 1. The second kappa shape index (κ2) is 7.06. The van der Waals surface area contributed by atoms with E-state index in [1.807, 2.05) is 12.1 Å². The molecule has 4 rings (SSSR count). The number of anilines is 1. The molecule has 2 aromatic rings. The van der Waals surface area contributed by atoms with Crippen molar-refractivity contribution in [1.82, 2.24) is 10.3 Å². The third-order valence-electron chi connectivity index (χ3n) is 5.71. The predicted octanol–water partition coefficient (Wildman–Crippen LogP) is 3.56. The van der Waals surface area contributed by atoms with Crippen LogP contribution in [-0.2, 0) is 16.8 Å². The predicted molar refractivity (Wildman–Crippen MR) is 99.5 cm³/mol. The average molecular weight is 353 g/mol. The molecule has 26 heavy (non-hydrogen) atoms. The van der Waals surface area contributed by atoms with Crippen molar-refractivity contribution in [3.8, 4) is 0 Å². The third kappa shape index (κ3) is 3.18. The van der Waals surface area contributed by atoms with E-state index in [1.54, 1.807) is 12.3 Å². The van der Waals surface area contributed by atoms with Crippen LogP contribution < -0.4 is 10.2 Å². The summed E-state index contributed by atoms with van der Waals surface area (Å²) in [6.07, 6.45) is 6.77. The highest BCUT2D eigenvalue weighted by molar-refractivity contribution is 5.89. The molecule has 1 aliphatic heterocycles. The molecule has 1 saturated heterocycles. The van der Waals surface area contributed by atoms with Gasteiger partial charge in [0.1, 0.15) is 11.6 Å². The molecule has 0 bridgehead atoms. The molecule has 1 N–H and O–H groups in total. The van der Waals surface area contributed by atoms with E-state index < -0.39 is 5.41 Å². The normalized spacial score (nSPS) is 18.4. The zero-order chi connectivity index (χ0) is 18.0. The minimum absolute atomic E-state index is 0.00566. The number of halogens is 1. The van der Waals surface area contributed by atoms with Gasteiger partial charge < -0.3 is 10.2 Å². The van der Waals surface area contributed by atoms with Gasteiger partial charge in [-0.25, -0.2) is 9.37 Å². The van der Waals surface area contributed by atoms with Crippen LogP contribution in [0.15, 0.2) is 42.6 Å². The summed E-state index contributed by atoms with van der Waals surface area (Å²) in [7, 11) is 0. The van der Waals surface area contributed by atoms with Gasteiger partial charge in [-0.05, 0) is 61.1 Å². The largest absolute Gasteiger partial charge is 0.357 e. The molecule has 2 fully saturated rings. The van der Waals surface area contributed by atoms with Crippen LogP contribution in [0.5, 0.6) is 0 Å². The van der Waals surface area contributed by atoms with Crippen LogP contribution in [0, 0.1) is 5.82 Å². The van der Waals surface area contributed by atoms with E-state index in [0.29, 0.717) is 6.54 Å². The van der Waals surface area contributed by atoms with Gasteiger partial charge in [-0.3, -0.25) is 4.79 Å². The van der Waals surface area contributed by atoms with Crippen molar-refractivity contribution >= 4 is 11.7 Å². The maximum Gasteiger partial charge on any atom is 0.230 e. The van der Waals surface area contributed by atoms with E-state index in [4.69, 9.17) is 0 Å². The van der Waals surface area contributed by atoms with E-state index in [1.165, 1.54) is 25.0 Å². The Labute approximate surface area is 153 Å². The quantitative estimate of drug-likeness (QED) is 0.894. The van der Waals surface area contributed by atoms with Crippen LogP contribution in [-0.4, -0.2) is 24.0 Å². The molecule has 2 heterocycles. The molecule has 1 amide bonds. The molecule has 0 atom stereocenters. The summed E-state index contributed by atoms with van der Waals surface area (Å²) >= 11 is 0. The zero-order valence-corrected chi connectivity index (χ0v) is 14.9. The first-order valence-corrected chi connectivity index (χ1v) is 9.42. The van der Waals surface area contributed by atoms with Gasteiger partial charge in [-0.15, -0.1) is 0 Å². The lowest BCUT2D eigenvalue weighted by molar-refractivity contribution is -0.130. The average Bonchev–Trinajstić information content (AvgIpc) is 3.14. The lowest BCUT2D eigenvalue weighted by atomic mass is 9.64. The Balaban J connectivity index is 1.45. The van der Waals surface area contributed by atoms with Gasteiger partial charge in [-0.2, -0.15) is 0 Å². The number of pyridine rings is 1. The lowest BCUT2D eigenvalue weighted by Gasteiger charge is -2.40. The maximum absolute atomic E-state index is 13.6. The number of benzene rings is 1. The van der Waals surface area contributed by atoms with Crippen LogP contribution in [0.3, 0.4) is 0 Å². The summed E-state index contributed by atoms with van der Waals surface area (Å²) in [6, 6.07) is 10.5. The highest BCUT2D eigenvalue weighted by Gasteiger charge is 2.45. The molecule has 1 aromatic heterocycles. The monoisotopic (exact) mass is 353 g/mol. The molecule has 1 saturated carbocycles. The highest BCUT2D eigenvalue weighted by atomic mass is 19.1. The van der Waals surface area contributed by atoms with Gasteiger partial charge >= 0.3 is 0 Å². The fourth-order valence-electron chi connectivity index (χ4n) is 4.00. The summed E-state index contributed by atoms with van der Waals surface area (Å²) in [5.41, 5.74) is 1.25. The van der Waals surface area contributed by atoms with Crippen LogP contribution in [0.1, 0.15) is 43.2 Å². The van der Waals surface area contributed by atoms with E-state index in [9.17, 15) is 9.18 Å². The Bertz CT molecular complexity index is 797. The second-order valence-corrected chi connectivity index (χ2v) is 7.35. The summed E-state index contributed by atoms with van der Waals surface area (Å²) in [5.74, 6) is 0.692.